The Bertz CT molecular complexity index is 854. The van der Waals surface area contributed by atoms with Crippen LogP contribution in [0.3, 0.4) is 0 Å². The maximum Gasteiger partial charge on any atom is 0.219 e. The number of piperazine rings is 1. The lowest BCUT2D eigenvalue weighted by Gasteiger charge is -2.36. The van der Waals surface area contributed by atoms with E-state index in [1.807, 2.05) is 17.0 Å². The number of aryl methyl sites for hydroxylation is 1. The standard InChI is InChI=1S/C22H28N4O2/c1-15-20(14-17-4-8-19(28-3)9-5-17)22(24-21(23-15)18-6-7-18)26-12-10-25(11-13-26)16(2)27/h4-5,8-9,18H,6-7,10-14H2,1-3H3. The van der Waals surface area contributed by atoms with Crippen LogP contribution < -0.4 is 9.64 Å². The van der Waals surface area contributed by atoms with E-state index in [9.17, 15) is 4.79 Å². The second kappa shape index (κ2) is 7.78. The summed E-state index contributed by atoms with van der Waals surface area (Å²) in [5.74, 6) is 3.57. The van der Waals surface area contributed by atoms with E-state index >= 15 is 0 Å². The van der Waals surface area contributed by atoms with Crippen molar-refractivity contribution in [3.05, 3.63) is 46.9 Å². The van der Waals surface area contributed by atoms with Crippen molar-refractivity contribution in [3.8, 4) is 5.75 Å². The molecule has 1 aromatic carbocycles. The van der Waals surface area contributed by atoms with Gasteiger partial charge in [0.1, 0.15) is 17.4 Å². The molecule has 1 aliphatic heterocycles. The highest BCUT2D eigenvalue weighted by Gasteiger charge is 2.30. The van der Waals surface area contributed by atoms with Crippen molar-refractivity contribution < 1.29 is 9.53 Å². The Labute approximate surface area is 166 Å². The van der Waals surface area contributed by atoms with Gasteiger partial charge in [0.15, 0.2) is 0 Å². The van der Waals surface area contributed by atoms with Gasteiger partial charge in [0.05, 0.1) is 7.11 Å². The molecular weight excluding hydrogens is 352 g/mol. The average Bonchev–Trinajstić information content (AvgIpc) is 3.55. The number of ether oxygens (including phenoxy) is 1. The molecule has 4 rings (SSSR count). The zero-order chi connectivity index (χ0) is 19.7. The van der Waals surface area contributed by atoms with Crippen molar-refractivity contribution in [2.45, 2.75) is 39.0 Å². The lowest BCUT2D eigenvalue weighted by Crippen LogP contribution is -2.48. The monoisotopic (exact) mass is 380 g/mol. The molecule has 1 aromatic heterocycles. The van der Waals surface area contributed by atoms with Crippen LogP contribution in [0.2, 0.25) is 0 Å². The topological polar surface area (TPSA) is 58.6 Å². The Balaban J connectivity index is 1.63. The number of methoxy groups -OCH3 is 1. The van der Waals surface area contributed by atoms with Crippen molar-refractivity contribution in [1.29, 1.82) is 0 Å². The van der Waals surface area contributed by atoms with Crippen LogP contribution in [0.1, 0.15) is 48.3 Å². The molecule has 6 nitrogen and oxygen atoms in total. The lowest BCUT2D eigenvalue weighted by atomic mass is 10.0. The second-order valence-corrected chi connectivity index (χ2v) is 7.76. The number of benzene rings is 1. The SMILES string of the molecule is COc1ccc(Cc2c(C)nc(C3CC3)nc2N2CCN(C(C)=O)CC2)cc1. The van der Waals surface area contributed by atoms with Gasteiger partial charge in [-0.05, 0) is 37.5 Å². The Morgan fingerprint density at radius 3 is 2.36 bits per heavy atom. The number of carbonyl (C=O) groups excluding carboxylic acids is 1. The third-order valence-electron chi connectivity index (χ3n) is 5.72. The van der Waals surface area contributed by atoms with Crippen LogP contribution >= 0.6 is 0 Å². The third kappa shape index (κ3) is 3.96. The fourth-order valence-electron chi connectivity index (χ4n) is 3.78. The van der Waals surface area contributed by atoms with E-state index in [2.05, 4.69) is 24.0 Å². The highest BCUT2D eigenvalue weighted by Crippen LogP contribution is 2.39. The quantitative estimate of drug-likeness (QED) is 0.798. The molecule has 2 fully saturated rings. The molecule has 0 radical (unpaired) electrons. The fourth-order valence-corrected chi connectivity index (χ4v) is 3.78. The van der Waals surface area contributed by atoms with Gasteiger partial charge in [-0.15, -0.1) is 0 Å². The molecule has 0 bridgehead atoms. The zero-order valence-electron chi connectivity index (χ0n) is 16.9. The molecule has 0 atom stereocenters. The number of anilines is 1. The molecule has 2 aromatic rings. The van der Waals surface area contributed by atoms with Crippen LogP contribution in [0.25, 0.3) is 0 Å². The summed E-state index contributed by atoms with van der Waals surface area (Å²) in [5.41, 5.74) is 3.47. The van der Waals surface area contributed by atoms with E-state index in [4.69, 9.17) is 14.7 Å². The Kier molecular flexibility index (Phi) is 5.20. The number of amides is 1. The van der Waals surface area contributed by atoms with Gasteiger partial charge in [0, 0.05) is 56.7 Å². The Morgan fingerprint density at radius 2 is 1.79 bits per heavy atom. The molecule has 6 heteroatoms. The second-order valence-electron chi connectivity index (χ2n) is 7.76. The molecular formula is C22H28N4O2. The number of rotatable bonds is 5. The van der Waals surface area contributed by atoms with Crippen LogP contribution in [0.15, 0.2) is 24.3 Å². The van der Waals surface area contributed by atoms with Crippen molar-refractivity contribution in [2.24, 2.45) is 0 Å². The molecule has 2 aliphatic rings. The van der Waals surface area contributed by atoms with Crippen molar-refractivity contribution >= 4 is 11.7 Å². The molecule has 2 heterocycles. The Morgan fingerprint density at radius 1 is 1.11 bits per heavy atom. The largest absolute Gasteiger partial charge is 0.497 e. The number of nitrogens with zero attached hydrogens (tertiary/aromatic N) is 4. The van der Waals surface area contributed by atoms with Gasteiger partial charge in [-0.3, -0.25) is 4.79 Å². The molecule has 0 N–H and O–H groups in total. The van der Waals surface area contributed by atoms with E-state index in [1.165, 1.54) is 24.0 Å². The van der Waals surface area contributed by atoms with E-state index in [0.717, 1.165) is 55.7 Å². The van der Waals surface area contributed by atoms with Gasteiger partial charge in [0.2, 0.25) is 5.91 Å². The number of carbonyl (C=O) groups is 1. The smallest absolute Gasteiger partial charge is 0.219 e. The van der Waals surface area contributed by atoms with Gasteiger partial charge in [-0.1, -0.05) is 12.1 Å². The summed E-state index contributed by atoms with van der Waals surface area (Å²) in [6.45, 7) is 6.87. The van der Waals surface area contributed by atoms with Crippen LogP contribution in [-0.4, -0.2) is 54.1 Å². The van der Waals surface area contributed by atoms with Crippen molar-refractivity contribution in [3.63, 3.8) is 0 Å². The molecule has 0 unspecified atom stereocenters. The number of aromatic nitrogens is 2. The average molecular weight is 380 g/mol. The minimum absolute atomic E-state index is 0.149. The van der Waals surface area contributed by atoms with Crippen molar-refractivity contribution in [1.82, 2.24) is 14.9 Å². The van der Waals surface area contributed by atoms with Gasteiger partial charge >= 0.3 is 0 Å². The predicted octanol–water partition coefficient (Wildman–Crippen LogP) is 2.93. The maximum atomic E-state index is 11.7. The highest BCUT2D eigenvalue weighted by atomic mass is 16.5. The highest BCUT2D eigenvalue weighted by molar-refractivity contribution is 5.73. The normalized spacial score (nSPS) is 17.0. The van der Waals surface area contributed by atoms with Crippen LogP contribution in [0.5, 0.6) is 5.75 Å². The minimum atomic E-state index is 0.149. The molecule has 148 valence electrons. The Hall–Kier alpha value is -2.63. The molecule has 1 amide bonds. The number of hydrogen-bond donors (Lipinski definition) is 0. The summed E-state index contributed by atoms with van der Waals surface area (Å²) < 4.78 is 5.28. The predicted molar refractivity (Wildman–Crippen MR) is 109 cm³/mol. The number of hydrogen-bond acceptors (Lipinski definition) is 5. The molecule has 1 saturated heterocycles. The van der Waals surface area contributed by atoms with Gasteiger partial charge in [-0.2, -0.15) is 0 Å². The summed E-state index contributed by atoms with van der Waals surface area (Å²) in [4.78, 5) is 25.8. The summed E-state index contributed by atoms with van der Waals surface area (Å²) in [7, 11) is 1.68. The van der Waals surface area contributed by atoms with Crippen molar-refractivity contribution in [2.75, 3.05) is 38.2 Å². The zero-order valence-corrected chi connectivity index (χ0v) is 16.9. The van der Waals surface area contributed by atoms with E-state index < -0.39 is 0 Å². The summed E-state index contributed by atoms with van der Waals surface area (Å²) in [6, 6.07) is 8.19. The van der Waals surface area contributed by atoms with Crippen LogP contribution in [0, 0.1) is 6.92 Å². The van der Waals surface area contributed by atoms with Gasteiger partial charge < -0.3 is 14.5 Å². The molecule has 28 heavy (non-hydrogen) atoms. The molecule has 1 saturated carbocycles. The first-order valence-corrected chi connectivity index (χ1v) is 10.1. The first kappa shape index (κ1) is 18.7. The van der Waals surface area contributed by atoms with Gasteiger partial charge in [-0.25, -0.2) is 9.97 Å². The minimum Gasteiger partial charge on any atom is -0.497 e. The maximum absolute atomic E-state index is 11.7. The van der Waals surface area contributed by atoms with E-state index in [1.54, 1.807) is 14.0 Å². The first-order valence-electron chi connectivity index (χ1n) is 10.1. The summed E-state index contributed by atoms with van der Waals surface area (Å²) >= 11 is 0. The molecule has 0 spiro atoms. The molecule has 1 aliphatic carbocycles. The van der Waals surface area contributed by atoms with E-state index in [0.29, 0.717) is 5.92 Å². The van der Waals surface area contributed by atoms with E-state index in [-0.39, 0.29) is 5.91 Å². The van der Waals surface area contributed by atoms with Gasteiger partial charge in [0.25, 0.3) is 0 Å². The van der Waals surface area contributed by atoms with Crippen LogP contribution in [-0.2, 0) is 11.2 Å². The van der Waals surface area contributed by atoms with Crippen LogP contribution in [0.4, 0.5) is 5.82 Å². The first-order chi connectivity index (χ1) is 13.5. The third-order valence-corrected chi connectivity index (χ3v) is 5.72. The fraction of sp³-hybridized carbons (Fsp3) is 0.500. The summed E-state index contributed by atoms with van der Waals surface area (Å²) in [6.07, 6.45) is 3.17. The summed E-state index contributed by atoms with van der Waals surface area (Å²) in [5, 5.41) is 0. The lowest BCUT2D eigenvalue weighted by molar-refractivity contribution is -0.129.